The number of imidazole rings is 1. The first-order valence-corrected chi connectivity index (χ1v) is 7.03. The van der Waals surface area contributed by atoms with Gasteiger partial charge in [-0.1, -0.05) is 6.07 Å². The summed E-state index contributed by atoms with van der Waals surface area (Å²) in [4.78, 5) is 19.7. The fraction of sp³-hybridized carbons (Fsp3) is 0.467. The molecule has 0 radical (unpaired) electrons. The number of aromatic nitrogens is 2. The minimum absolute atomic E-state index is 0.0514. The van der Waals surface area contributed by atoms with Crippen LogP contribution in [0.15, 0.2) is 24.5 Å². The number of ether oxygens (including phenoxy) is 1. The second-order valence-electron chi connectivity index (χ2n) is 5.30. The number of nitrogens with zero attached hydrogens (tertiary/aromatic N) is 1. The van der Waals surface area contributed by atoms with Crippen molar-refractivity contribution in [3.63, 3.8) is 0 Å². The molecule has 5 heteroatoms. The number of benzene rings is 1. The monoisotopic (exact) mass is 273 g/mol. The van der Waals surface area contributed by atoms with Gasteiger partial charge in [-0.05, 0) is 37.8 Å². The quantitative estimate of drug-likeness (QED) is 0.901. The fourth-order valence-corrected chi connectivity index (χ4v) is 2.90. The van der Waals surface area contributed by atoms with Crippen LogP contribution in [-0.2, 0) is 4.74 Å². The van der Waals surface area contributed by atoms with Crippen LogP contribution in [0.4, 0.5) is 0 Å². The van der Waals surface area contributed by atoms with E-state index in [1.807, 2.05) is 18.2 Å². The predicted octanol–water partition coefficient (Wildman–Crippen LogP) is 2.25. The molecule has 0 aliphatic heterocycles. The molecule has 2 unspecified atom stereocenters. The lowest BCUT2D eigenvalue weighted by molar-refractivity contribution is 0.0563. The number of hydrogen-bond acceptors (Lipinski definition) is 3. The lowest BCUT2D eigenvalue weighted by atomic mass is 9.92. The number of amides is 1. The van der Waals surface area contributed by atoms with E-state index in [0.717, 1.165) is 36.7 Å². The minimum Gasteiger partial charge on any atom is -0.381 e. The first-order valence-electron chi connectivity index (χ1n) is 7.03. The third kappa shape index (κ3) is 2.54. The molecule has 0 bridgehead atoms. The number of rotatable bonds is 3. The van der Waals surface area contributed by atoms with Crippen LogP contribution < -0.4 is 5.32 Å². The number of methoxy groups -OCH3 is 1. The number of aromatic amines is 1. The van der Waals surface area contributed by atoms with Crippen LogP contribution in [0.25, 0.3) is 11.0 Å². The molecule has 3 rings (SSSR count). The number of nitrogens with one attached hydrogen (secondary N) is 2. The van der Waals surface area contributed by atoms with Crippen molar-refractivity contribution in [2.24, 2.45) is 0 Å². The van der Waals surface area contributed by atoms with Gasteiger partial charge >= 0.3 is 0 Å². The molecular weight excluding hydrogens is 254 g/mol. The number of carbonyl (C=O) groups is 1. The highest BCUT2D eigenvalue weighted by Crippen LogP contribution is 2.21. The van der Waals surface area contributed by atoms with Gasteiger partial charge in [0.1, 0.15) is 5.52 Å². The molecule has 2 aromatic rings. The van der Waals surface area contributed by atoms with Crippen molar-refractivity contribution in [2.45, 2.75) is 37.8 Å². The Morgan fingerprint density at radius 2 is 2.35 bits per heavy atom. The smallest absolute Gasteiger partial charge is 0.253 e. The highest BCUT2D eigenvalue weighted by molar-refractivity contribution is 6.04. The van der Waals surface area contributed by atoms with Crippen molar-refractivity contribution >= 4 is 16.9 Å². The van der Waals surface area contributed by atoms with Crippen molar-refractivity contribution in [1.82, 2.24) is 15.3 Å². The van der Waals surface area contributed by atoms with Gasteiger partial charge in [0.2, 0.25) is 0 Å². The third-order valence-electron chi connectivity index (χ3n) is 3.99. The molecule has 2 N–H and O–H groups in total. The molecule has 1 amide bonds. The summed E-state index contributed by atoms with van der Waals surface area (Å²) in [5.41, 5.74) is 2.24. The van der Waals surface area contributed by atoms with Gasteiger partial charge in [-0.25, -0.2) is 4.98 Å². The normalized spacial score (nSPS) is 22.9. The van der Waals surface area contributed by atoms with E-state index in [-0.39, 0.29) is 18.1 Å². The Labute approximate surface area is 117 Å². The van der Waals surface area contributed by atoms with Crippen molar-refractivity contribution in [1.29, 1.82) is 0 Å². The van der Waals surface area contributed by atoms with Crippen molar-refractivity contribution in [2.75, 3.05) is 7.11 Å². The van der Waals surface area contributed by atoms with E-state index in [1.165, 1.54) is 0 Å². The van der Waals surface area contributed by atoms with Crippen LogP contribution in [0.2, 0.25) is 0 Å². The largest absolute Gasteiger partial charge is 0.381 e. The highest BCUT2D eigenvalue weighted by Gasteiger charge is 2.24. The van der Waals surface area contributed by atoms with Gasteiger partial charge in [0.25, 0.3) is 5.91 Å². The summed E-state index contributed by atoms with van der Waals surface area (Å²) >= 11 is 0. The molecule has 1 aromatic heterocycles. The fourth-order valence-electron chi connectivity index (χ4n) is 2.90. The van der Waals surface area contributed by atoms with E-state index in [0.29, 0.717) is 5.56 Å². The lowest BCUT2D eigenvalue weighted by Gasteiger charge is -2.28. The Morgan fingerprint density at radius 1 is 1.45 bits per heavy atom. The average Bonchev–Trinajstić information content (AvgIpc) is 2.95. The summed E-state index contributed by atoms with van der Waals surface area (Å²) in [6, 6.07) is 5.79. The molecule has 1 aliphatic rings. The summed E-state index contributed by atoms with van der Waals surface area (Å²) in [5.74, 6) is -0.0514. The maximum Gasteiger partial charge on any atom is 0.253 e. The van der Waals surface area contributed by atoms with Gasteiger partial charge in [-0.3, -0.25) is 4.79 Å². The number of hydrogen-bond donors (Lipinski definition) is 2. The summed E-state index contributed by atoms with van der Waals surface area (Å²) in [6.07, 6.45) is 5.95. The number of fused-ring (bicyclic) bond motifs is 1. The van der Waals surface area contributed by atoms with Gasteiger partial charge in [0, 0.05) is 13.2 Å². The van der Waals surface area contributed by atoms with Crippen molar-refractivity contribution in [3.8, 4) is 0 Å². The molecule has 0 saturated heterocycles. The first-order chi connectivity index (χ1) is 9.78. The molecule has 0 spiro atoms. The lowest BCUT2D eigenvalue weighted by Crippen LogP contribution is -2.40. The van der Waals surface area contributed by atoms with Crippen LogP contribution in [0.3, 0.4) is 0 Å². The molecule has 2 atom stereocenters. The van der Waals surface area contributed by atoms with E-state index in [1.54, 1.807) is 13.4 Å². The Balaban J connectivity index is 1.74. The topological polar surface area (TPSA) is 67.0 Å². The Bertz CT molecular complexity index is 608. The first kappa shape index (κ1) is 13.1. The molecule has 5 nitrogen and oxygen atoms in total. The van der Waals surface area contributed by atoms with E-state index >= 15 is 0 Å². The molecule has 1 heterocycles. The molecule has 106 valence electrons. The number of para-hydroxylation sites is 1. The molecule has 1 saturated carbocycles. The van der Waals surface area contributed by atoms with E-state index < -0.39 is 0 Å². The van der Waals surface area contributed by atoms with Crippen LogP contribution in [0.5, 0.6) is 0 Å². The van der Waals surface area contributed by atoms with Gasteiger partial charge in [0.05, 0.1) is 23.5 Å². The standard InChI is InChI=1S/C15H19N3O2/c1-20-11-5-2-4-10(8-11)18-15(19)12-6-3-7-13-14(12)17-9-16-13/h3,6-7,9-11H,2,4-5,8H2,1H3,(H,16,17)(H,18,19). The van der Waals surface area contributed by atoms with Crippen LogP contribution in [-0.4, -0.2) is 35.1 Å². The van der Waals surface area contributed by atoms with Gasteiger partial charge in [-0.15, -0.1) is 0 Å². The zero-order valence-electron chi connectivity index (χ0n) is 11.6. The van der Waals surface area contributed by atoms with E-state index in [4.69, 9.17) is 4.74 Å². The average molecular weight is 273 g/mol. The van der Waals surface area contributed by atoms with Crippen LogP contribution >= 0.6 is 0 Å². The molecule has 20 heavy (non-hydrogen) atoms. The maximum absolute atomic E-state index is 12.4. The molecule has 1 aliphatic carbocycles. The van der Waals surface area contributed by atoms with Crippen LogP contribution in [0, 0.1) is 0 Å². The molecule has 1 aromatic carbocycles. The zero-order valence-corrected chi connectivity index (χ0v) is 11.6. The summed E-state index contributed by atoms with van der Waals surface area (Å²) in [6.45, 7) is 0. The Hall–Kier alpha value is -1.88. The molecular formula is C15H19N3O2. The second kappa shape index (κ2) is 5.63. The third-order valence-corrected chi connectivity index (χ3v) is 3.99. The maximum atomic E-state index is 12.4. The van der Waals surface area contributed by atoms with Gasteiger partial charge in [0.15, 0.2) is 0 Å². The number of H-pyrrole nitrogens is 1. The second-order valence-corrected chi connectivity index (χ2v) is 5.30. The van der Waals surface area contributed by atoms with Crippen molar-refractivity contribution < 1.29 is 9.53 Å². The summed E-state index contributed by atoms with van der Waals surface area (Å²) in [5, 5.41) is 3.11. The molecule has 1 fully saturated rings. The van der Waals surface area contributed by atoms with E-state index in [2.05, 4.69) is 15.3 Å². The predicted molar refractivity (Wildman–Crippen MR) is 76.6 cm³/mol. The Morgan fingerprint density at radius 3 is 3.20 bits per heavy atom. The van der Waals surface area contributed by atoms with Gasteiger partial charge in [-0.2, -0.15) is 0 Å². The van der Waals surface area contributed by atoms with Crippen molar-refractivity contribution in [3.05, 3.63) is 30.1 Å². The van der Waals surface area contributed by atoms with Crippen LogP contribution in [0.1, 0.15) is 36.0 Å². The van der Waals surface area contributed by atoms with E-state index in [9.17, 15) is 4.79 Å². The number of carbonyl (C=O) groups excluding carboxylic acids is 1. The Kier molecular flexibility index (Phi) is 3.69. The summed E-state index contributed by atoms with van der Waals surface area (Å²) in [7, 11) is 1.74. The minimum atomic E-state index is -0.0514. The summed E-state index contributed by atoms with van der Waals surface area (Å²) < 4.78 is 5.40. The SMILES string of the molecule is COC1CCCC(NC(=O)c2cccc3[nH]cnc23)C1. The zero-order chi connectivity index (χ0) is 13.9. The van der Waals surface area contributed by atoms with Gasteiger partial charge < -0.3 is 15.0 Å². The highest BCUT2D eigenvalue weighted by atomic mass is 16.5.